The van der Waals surface area contributed by atoms with Crippen LogP contribution in [0.15, 0.2) is 6.07 Å². The number of aromatic nitrogens is 1. The molecule has 0 aliphatic heterocycles. The lowest BCUT2D eigenvalue weighted by Crippen LogP contribution is -2.33. The summed E-state index contributed by atoms with van der Waals surface area (Å²) in [5.41, 5.74) is 3.19. The largest absolute Gasteiger partial charge is 0.347 e. The average Bonchev–Trinajstić information content (AvgIpc) is 2.67. The van der Waals surface area contributed by atoms with Gasteiger partial charge in [0.2, 0.25) is 0 Å². The van der Waals surface area contributed by atoms with Gasteiger partial charge in [-0.25, -0.2) is 0 Å². The molecular formula is C15H23NOS. The van der Waals surface area contributed by atoms with Gasteiger partial charge in [-0.15, -0.1) is 0 Å². The van der Waals surface area contributed by atoms with Crippen molar-refractivity contribution in [2.75, 3.05) is 6.26 Å². The second-order valence-electron chi connectivity index (χ2n) is 5.48. The molecule has 1 aromatic rings. The summed E-state index contributed by atoms with van der Waals surface area (Å²) in [6.07, 6.45) is 9.90. The van der Waals surface area contributed by atoms with Gasteiger partial charge in [0.25, 0.3) is 0 Å². The van der Waals surface area contributed by atoms with E-state index in [9.17, 15) is 4.79 Å². The first kappa shape index (κ1) is 13.7. The summed E-state index contributed by atoms with van der Waals surface area (Å²) in [6, 6.07) is 2.01. The molecule has 0 spiro atoms. The highest BCUT2D eigenvalue weighted by molar-refractivity contribution is 8.00. The van der Waals surface area contributed by atoms with E-state index in [0.29, 0.717) is 4.75 Å². The average molecular weight is 265 g/mol. The van der Waals surface area contributed by atoms with Crippen LogP contribution in [0.4, 0.5) is 0 Å². The number of aryl methyl sites for hydroxylation is 1. The molecule has 1 heterocycles. The zero-order valence-electron chi connectivity index (χ0n) is 11.7. The van der Waals surface area contributed by atoms with Gasteiger partial charge in [-0.1, -0.05) is 19.3 Å². The van der Waals surface area contributed by atoms with Crippen LogP contribution in [0, 0.1) is 13.8 Å². The van der Waals surface area contributed by atoms with Crippen molar-refractivity contribution in [1.82, 2.24) is 4.57 Å². The van der Waals surface area contributed by atoms with Crippen LogP contribution in [0.2, 0.25) is 0 Å². The monoisotopic (exact) mass is 265 g/mol. The van der Waals surface area contributed by atoms with Gasteiger partial charge in [-0.3, -0.25) is 4.79 Å². The normalized spacial score (nSPS) is 18.8. The summed E-state index contributed by atoms with van der Waals surface area (Å²) in [5.74, 6) is 0. The Morgan fingerprint density at radius 3 is 2.50 bits per heavy atom. The molecule has 0 aromatic carbocycles. The third kappa shape index (κ3) is 2.51. The fourth-order valence-corrected chi connectivity index (χ4v) is 4.06. The maximum Gasteiger partial charge on any atom is 0.151 e. The molecule has 18 heavy (non-hydrogen) atoms. The van der Waals surface area contributed by atoms with Gasteiger partial charge in [0.15, 0.2) is 6.29 Å². The Kier molecular flexibility index (Phi) is 4.21. The van der Waals surface area contributed by atoms with Crippen LogP contribution in [0.25, 0.3) is 0 Å². The number of rotatable bonds is 4. The fraction of sp³-hybridized carbons (Fsp3) is 0.667. The summed E-state index contributed by atoms with van der Waals surface area (Å²) in [5, 5.41) is 0. The van der Waals surface area contributed by atoms with E-state index in [1.54, 1.807) is 0 Å². The summed E-state index contributed by atoms with van der Waals surface area (Å²) < 4.78 is 2.72. The molecule has 0 amide bonds. The van der Waals surface area contributed by atoms with Gasteiger partial charge in [-0.05, 0) is 39.0 Å². The van der Waals surface area contributed by atoms with Crippen molar-refractivity contribution in [2.24, 2.45) is 0 Å². The van der Waals surface area contributed by atoms with Crippen molar-refractivity contribution >= 4 is 18.0 Å². The Morgan fingerprint density at radius 2 is 2.00 bits per heavy atom. The minimum atomic E-state index is 0.382. The van der Waals surface area contributed by atoms with Crippen LogP contribution in [0.1, 0.15) is 53.8 Å². The van der Waals surface area contributed by atoms with E-state index in [1.807, 2.05) is 17.8 Å². The Morgan fingerprint density at radius 1 is 1.33 bits per heavy atom. The van der Waals surface area contributed by atoms with Gasteiger partial charge in [0.1, 0.15) is 0 Å². The predicted molar refractivity (Wildman–Crippen MR) is 78.6 cm³/mol. The number of nitrogens with zero attached hydrogens (tertiary/aromatic N) is 1. The third-order valence-corrected chi connectivity index (χ3v) is 5.79. The lowest BCUT2D eigenvalue weighted by atomic mass is 9.88. The molecule has 1 aromatic heterocycles. The molecule has 2 nitrogen and oxygen atoms in total. The molecule has 2 rings (SSSR count). The van der Waals surface area contributed by atoms with Crippen LogP contribution in [0.3, 0.4) is 0 Å². The molecule has 0 atom stereocenters. The second kappa shape index (κ2) is 5.52. The molecule has 3 heteroatoms. The van der Waals surface area contributed by atoms with Crippen molar-refractivity contribution in [3.63, 3.8) is 0 Å². The van der Waals surface area contributed by atoms with Crippen LogP contribution >= 0.6 is 11.8 Å². The highest BCUT2D eigenvalue weighted by atomic mass is 32.2. The molecule has 1 aliphatic rings. The Bertz CT molecular complexity index is 430. The maximum atomic E-state index is 11.0. The zero-order chi connectivity index (χ0) is 13.2. The van der Waals surface area contributed by atoms with E-state index in [2.05, 4.69) is 24.7 Å². The first-order valence-electron chi connectivity index (χ1n) is 6.79. The predicted octanol–water partition coefficient (Wildman–Crippen LogP) is 3.98. The third-order valence-electron chi connectivity index (χ3n) is 4.38. The van der Waals surface area contributed by atoms with E-state index in [4.69, 9.17) is 0 Å². The number of aldehydes is 1. The highest BCUT2D eigenvalue weighted by Gasteiger charge is 2.32. The summed E-state index contributed by atoms with van der Waals surface area (Å²) in [6.45, 7) is 5.23. The Hall–Kier alpha value is -0.700. The Labute approximate surface area is 114 Å². The van der Waals surface area contributed by atoms with Crippen molar-refractivity contribution in [2.45, 2.75) is 57.2 Å². The Balaban J connectivity index is 2.26. The van der Waals surface area contributed by atoms with Gasteiger partial charge in [0, 0.05) is 28.2 Å². The van der Waals surface area contributed by atoms with Gasteiger partial charge < -0.3 is 4.57 Å². The summed E-state index contributed by atoms with van der Waals surface area (Å²) >= 11 is 2.01. The SMILES string of the molecule is CSC1(Cn2c(C)cc(C=O)c2C)CCCCC1. The van der Waals surface area contributed by atoms with Crippen LogP contribution < -0.4 is 0 Å². The number of thioether (sulfide) groups is 1. The minimum Gasteiger partial charge on any atom is -0.347 e. The van der Waals surface area contributed by atoms with Crippen LogP contribution in [-0.2, 0) is 6.54 Å². The van der Waals surface area contributed by atoms with Crippen LogP contribution in [0.5, 0.6) is 0 Å². The topological polar surface area (TPSA) is 22.0 Å². The van der Waals surface area contributed by atoms with E-state index >= 15 is 0 Å². The van der Waals surface area contributed by atoms with E-state index < -0.39 is 0 Å². The summed E-state index contributed by atoms with van der Waals surface area (Å²) in [4.78, 5) is 11.0. The van der Waals surface area contributed by atoms with E-state index in [1.165, 1.54) is 37.8 Å². The lowest BCUT2D eigenvalue weighted by molar-refractivity contribution is 0.112. The molecule has 0 bridgehead atoms. The maximum absolute atomic E-state index is 11.0. The number of carbonyl (C=O) groups is 1. The molecule has 1 fully saturated rings. The van der Waals surface area contributed by atoms with E-state index in [-0.39, 0.29) is 0 Å². The summed E-state index contributed by atoms with van der Waals surface area (Å²) in [7, 11) is 0. The second-order valence-corrected chi connectivity index (χ2v) is 6.75. The van der Waals surface area contributed by atoms with Gasteiger partial charge in [0.05, 0.1) is 0 Å². The molecule has 0 N–H and O–H groups in total. The first-order chi connectivity index (χ1) is 8.62. The van der Waals surface area contributed by atoms with Gasteiger partial charge in [-0.2, -0.15) is 11.8 Å². The lowest BCUT2D eigenvalue weighted by Gasteiger charge is -2.37. The van der Waals surface area contributed by atoms with E-state index in [0.717, 1.165) is 24.1 Å². The smallest absolute Gasteiger partial charge is 0.151 e. The minimum absolute atomic E-state index is 0.382. The number of carbonyl (C=O) groups excluding carboxylic acids is 1. The quantitative estimate of drug-likeness (QED) is 0.768. The molecule has 1 saturated carbocycles. The fourth-order valence-electron chi connectivity index (χ4n) is 3.10. The standard InChI is InChI=1S/C15H23NOS/c1-12-9-14(10-17)13(2)16(12)11-15(18-3)7-5-4-6-8-15/h9-10H,4-8,11H2,1-3H3. The van der Waals surface area contributed by atoms with Crippen LogP contribution in [-0.4, -0.2) is 21.9 Å². The molecule has 0 radical (unpaired) electrons. The van der Waals surface area contributed by atoms with Crippen molar-refractivity contribution in [3.05, 3.63) is 23.0 Å². The molecule has 100 valence electrons. The van der Waals surface area contributed by atoms with Crippen molar-refractivity contribution in [3.8, 4) is 0 Å². The van der Waals surface area contributed by atoms with Crippen molar-refractivity contribution < 1.29 is 4.79 Å². The number of hydrogen-bond acceptors (Lipinski definition) is 2. The first-order valence-corrected chi connectivity index (χ1v) is 8.01. The number of hydrogen-bond donors (Lipinski definition) is 0. The van der Waals surface area contributed by atoms with Gasteiger partial charge >= 0.3 is 0 Å². The molecule has 0 unspecified atom stereocenters. The zero-order valence-corrected chi connectivity index (χ0v) is 12.5. The molecule has 0 saturated heterocycles. The molecule has 1 aliphatic carbocycles. The molecular weight excluding hydrogens is 242 g/mol. The van der Waals surface area contributed by atoms with Crippen molar-refractivity contribution in [1.29, 1.82) is 0 Å². The highest BCUT2D eigenvalue weighted by Crippen LogP contribution is 2.40.